The molecule has 0 saturated carbocycles. The monoisotopic (exact) mass is 263 g/mol. The molecule has 2 N–H and O–H groups in total. The molecule has 1 aromatic rings. The van der Waals surface area contributed by atoms with E-state index in [1.165, 1.54) is 11.1 Å². The summed E-state index contributed by atoms with van der Waals surface area (Å²) in [6, 6.07) is 6.79. The normalized spacial score (nSPS) is 18.4. The number of benzene rings is 1. The molecular weight excluding hydrogens is 238 g/mol. The van der Waals surface area contributed by atoms with Gasteiger partial charge in [-0.05, 0) is 47.9 Å². The van der Waals surface area contributed by atoms with Gasteiger partial charge in [0.25, 0.3) is 0 Å². The van der Waals surface area contributed by atoms with E-state index in [9.17, 15) is 0 Å². The number of fused-ring (bicyclic) bond motifs is 1. The Balaban J connectivity index is 2.02. The first kappa shape index (κ1) is 14.4. The summed E-state index contributed by atoms with van der Waals surface area (Å²) in [5, 5.41) is 12.7. The Labute approximate surface area is 116 Å². The van der Waals surface area contributed by atoms with Crippen LogP contribution < -0.4 is 10.1 Å². The van der Waals surface area contributed by atoms with Crippen LogP contribution >= 0.6 is 0 Å². The van der Waals surface area contributed by atoms with Crippen molar-refractivity contribution in [2.75, 3.05) is 20.3 Å². The molecule has 1 aromatic carbocycles. The minimum absolute atomic E-state index is 0.135. The second-order valence-electron chi connectivity index (χ2n) is 6.17. The van der Waals surface area contributed by atoms with E-state index >= 15 is 0 Å². The standard InChI is InChI=1S/C16H25NO2/c1-16(2,8-9-18)11-17-15-7-5-12-4-6-13(19-3)10-14(12)15/h4,6,10,15,17-18H,5,7-9,11H2,1-3H3. The molecule has 1 aliphatic carbocycles. The highest BCUT2D eigenvalue weighted by molar-refractivity contribution is 5.40. The van der Waals surface area contributed by atoms with E-state index in [1.807, 2.05) is 6.07 Å². The molecule has 2 rings (SSSR count). The number of hydrogen-bond donors (Lipinski definition) is 2. The van der Waals surface area contributed by atoms with Gasteiger partial charge in [-0.2, -0.15) is 0 Å². The molecule has 106 valence electrons. The predicted octanol–water partition coefficient (Wildman–Crippen LogP) is 2.68. The molecule has 0 bridgehead atoms. The fourth-order valence-corrected chi connectivity index (χ4v) is 2.71. The lowest BCUT2D eigenvalue weighted by atomic mass is 9.89. The van der Waals surface area contributed by atoms with Crippen molar-refractivity contribution in [1.82, 2.24) is 5.32 Å². The first-order valence-electron chi connectivity index (χ1n) is 7.07. The third kappa shape index (κ3) is 3.48. The minimum atomic E-state index is 0.135. The summed E-state index contributed by atoms with van der Waals surface area (Å²) in [7, 11) is 1.71. The van der Waals surface area contributed by atoms with Crippen molar-refractivity contribution in [1.29, 1.82) is 0 Å². The fraction of sp³-hybridized carbons (Fsp3) is 0.625. The molecule has 1 atom stereocenters. The van der Waals surface area contributed by atoms with Crippen molar-refractivity contribution < 1.29 is 9.84 Å². The zero-order valence-electron chi connectivity index (χ0n) is 12.2. The number of nitrogens with one attached hydrogen (secondary N) is 1. The van der Waals surface area contributed by atoms with E-state index in [0.717, 1.165) is 31.6 Å². The second kappa shape index (κ2) is 5.93. The maximum atomic E-state index is 9.08. The molecule has 1 aliphatic rings. The summed E-state index contributed by atoms with van der Waals surface area (Å²) >= 11 is 0. The molecule has 3 nitrogen and oxygen atoms in total. The van der Waals surface area contributed by atoms with Gasteiger partial charge in [-0.15, -0.1) is 0 Å². The Morgan fingerprint density at radius 3 is 2.89 bits per heavy atom. The Morgan fingerprint density at radius 2 is 2.21 bits per heavy atom. The van der Waals surface area contributed by atoms with Gasteiger partial charge in [0.1, 0.15) is 5.75 Å². The first-order valence-corrected chi connectivity index (χ1v) is 7.07. The second-order valence-corrected chi connectivity index (χ2v) is 6.17. The van der Waals surface area contributed by atoms with Crippen molar-refractivity contribution in [3.05, 3.63) is 29.3 Å². The van der Waals surface area contributed by atoms with Crippen LogP contribution in [0.1, 0.15) is 43.9 Å². The van der Waals surface area contributed by atoms with Crippen LogP contribution in [-0.2, 0) is 6.42 Å². The van der Waals surface area contributed by atoms with Gasteiger partial charge in [-0.1, -0.05) is 19.9 Å². The summed E-state index contributed by atoms with van der Waals surface area (Å²) in [5.41, 5.74) is 2.94. The molecule has 3 heteroatoms. The van der Waals surface area contributed by atoms with Crippen LogP contribution in [0.3, 0.4) is 0 Å². The van der Waals surface area contributed by atoms with E-state index in [-0.39, 0.29) is 12.0 Å². The molecule has 19 heavy (non-hydrogen) atoms. The Morgan fingerprint density at radius 1 is 1.42 bits per heavy atom. The lowest BCUT2D eigenvalue weighted by Crippen LogP contribution is -2.32. The molecule has 0 fully saturated rings. The number of aryl methyl sites for hydroxylation is 1. The summed E-state index contributed by atoms with van der Waals surface area (Å²) in [6.07, 6.45) is 3.12. The number of ether oxygens (including phenoxy) is 1. The average Bonchev–Trinajstić information content (AvgIpc) is 2.78. The first-order chi connectivity index (χ1) is 9.05. The van der Waals surface area contributed by atoms with Crippen LogP contribution in [-0.4, -0.2) is 25.4 Å². The highest BCUT2D eigenvalue weighted by Crippen LogP contribution is 2.34. The van der Waals surface area contributed by atoms with Gasteiger partial charge < -0.3 is 15.2 Å². The van der Waals surface area contributed by atoms with Crippen LogP contribution in [0.2, 0.25) is 0 Å². The molecule has 0 aromatic heterocycles. The summed E-state index contributed by atoms with van der Waals surface area (Å²) in [6.45, 7) is 5.56. The van der Waals surface area contributed by atoms with Crippen molar-refractivity contribution in [3.8, 4) is 5.75 Å². The number of rotatable bonds is 6. The zero-order chi connectivity index (χ0) is 13.9. The van der Waals surface area contributed by atoms with Crippen molar-refractivity contribution in [2.45, 2.75) is 39.2 Å². The highest BCUT2D eigenvalue weighted by Gasteiger charge is 2.25. The van der Waals surface area contributed by atoms with Crippen LogP contribution in [0.15, 0.2) is 18.2 Å². The van der Waals surface area contributed by atoms with Gasteiger partial charge in [0.2, 0.25) is 0 Å². The van der Waals surface area contributed by atoms with E-state index < -0.39 is 0 Å². The van der Waals surface area contributed by atoms with E-state index in [4.69, 9.17) is 9.84 Å². The third-order valence-electron chi connectivity index (χ3n) is 4.05. The molecule has 0 aliphatic heterocycles. The van der Waals surface area contributed by atoms with Crippen molar-refractivity contribution in [2.24, 2.45) is 5.41 Å². The Hall–Kier alpha value is -1.06. The fourth-order valence-electron chi connectivity index (χ4n) is 2.71. The molecular formula is C16H25NO2. The smallest absolute Gasteiger partial charge is 0.119 e. The number of methoxy groups -OCH3 is 1. The van der Waals surface area contributed by atoms with Gasteiger partial charge in [0.15, 0.2) is 0 Å². The van der Waals surface area contributed by atoms with Crippen molar-refractivity contribution in [3.63, 3.8) is 0 Å². The molecule has 1 unspecified atom stereocenters. The van der Waals surface area contributed by atoms with Gasteiger partial charge in [0.05, 0.1) is 7.11 Å². The summed E-state index contributed by atoms with van der Waals surface area (Å²) in [5.74, 6) is 0.932. The largest absolute Gasteiger partial charge is 0.497 e. The number of hydrogen-bond acceptors (Lipinski definition) is 3. The van der Waals surface area contributed by atoms with Crippen LogP contribution in [0.5, 0.6) is 5.75 Å². The van der Waals surface area contributed by atoms with E-state index in [0.29, 0.717) is 6.04 Å². The van der Waals surface area contributed by atoms with Crippen molar-refractivity contribution >= 4 is 0 Å². The molecule has 0 heterocycles. The summed E-state index contributed by atoms with van der Waals surface area (Å²) in [4.78, 5) is 0. The van der Waals surface area contributed by atoms with Crippen LogP contribution in [0, 0.1) is 5.41 Å². The zero-order valence-corrected chi connectivity index (χ0v) is 12.2. The lowest BCUT2D eigenvalue weighted by molar-refractivity contribution is 0.202. The minimum Gasteiger partial charge on any atom is -0.497 e. The maximum absolute atomic E-state index is 9.08. The SMILES string of the molecule is COc1ccc2c(c1)C(NCC(C)(C)CCO)CC2. The van der Waals surface area contributed by atoms with Gasteiger partial charge in [-0.25, -0.2) is 0 Å². The van der Waals surface area contributed by atoms with E-state index in [1.54, 1.807) is 7.11 Å². The quantitative estimate of drug-likeness (QED) is 0.829. The summed E-state index contributed by atoms with van der Waals surface area (Å²) < 4.78 is 5.31. The van der Waals surface area contributed by atoms with Crippen LogP contribution in [0.25, 0.3) is 0 Å². The molecule has 0 amide bonds. The lowest BCUT2D eigenvalue weighted by Gasteiger charge is -2.26. The molecule has 0 saturated heterocycles. The van der Waals surface area contributed by atoms with Crippen LogP contribution in [0.4, 0.5) is 0 Å². The molecule has 0 radical (unpaired) electrons. The highest BCUT2D eigenvalue weighted by atomic mass is 16.5. The maximum Gasteiger partial charge on any atom is 0.119 e. The third-order valence-corrected chi connectivity index (χ3v) is 4.05. The number of aliphatic hydroxyl groups is 1. The van der Waals surface area contributed by atoms with E-state index in [2.05, 4.69) is 31.3 Å². The predicted molar refractivity (Wildman–Crippen MR) is 77.5 cm³/mol. The Bertz CT molecular complexity index is 429. The van der Waals surface area contributed by atoms with Gasteiger partial charge in [-0.3, -0.25) is 0 Å². The topological polar surface area (TPSA) is 41.5 Å². The number of aliphatic hydroxyl groups excluding tert-OH is 1. The average molecular weight is 263 g/mol. The van der Waals surface area contributed by atoms with Gasteiger partial charge in [0, 0.05) is 19.2 Å². The Kier molecular flexibility index (Phi) is 4.48. The van der Waals surface area contributed by atoms with Gasteiger partial charge >= 0.3 is 0 Å². The molecule has 0 spiro atoms.